The van der Waals surface area contributed by atoms with Gasteiger partial charge in [-0.2, -0.15) is 0 Å². The summed E-state index contributed by atoms with van der Waals surface area (Å²) in [4.78, 5) is 20.2. The predicted molar refractivity (Wildman–Crippen MR) is 99.5 cm³/mol. The van der Waals surface area contributed by atoms with E-state index in [0.717, 1.165) is 22.3 Å². The molecule has 0 aliphatic heterocycles. The maximum Gasteiger partial charge on any atom is 0.244 e. The smallest absolute Gasteiger partial charge is 0.244 e. The van der Waals surface area contributed by atoms with Crippen molar-refractivity contribution in [2.75, 3.05) is 0 Å². The van der Waals surface area contributed by atoms with Gasteiger partial charge < -0.3 is 5.32 Å². The van der Waals surface area contributed by atoms with Gasteiger partial charge in [-0.3, -0.25) is 4.79 Å². The number of amides is 1. The van der Waals surface area contributed by atoms with Gasteiger partial charge >= 0.3 is 0 Å². The fourth-order valence-electron chi connectivity index (χ4n) is 2.52. The normalized spacial score (nSPS) is 12.0. The lowest BCUT2D eigenvalue weighted by Gasteiger charge is -2.14. The molecular formula is C21H19N3O. The van der Waals surface area contributed by atoms with E-state index in [-0.39, 0.29) is 11.9 Å². The summed E-state index contributed by atoms with van der Waals surface area (Å²) in [5.41, 5.74) is 4.00. The van der Waals surface area contributed by atoms with Crippen LogP contribution in [0.25, 0.3) is 17.2 Å². The van der Waals surface area contributed by atoms with Gasteiger partial charge in [-0.05, 0) is 35.8 Å². The van der Waals surface area contributed by atoms with Crippen LogP contribution >= 0.6 is 0 Å². The Labute approximate surface area is 147 Å². The molecule has 0 saturated heterocycles. The lowest BCUT2D eigenvalue weighted by molar-refractivity contribution is -0.117. The molecule has 1 N–H and O–H groups in total. The van der Waals surface area contributed by atoms with Gasteiger partial charge in [0.15, 0.2) is 0 Å². The van der Waals surface area contributed by atoms with Crippen LogP contribution in [0.2, 0.25) is 0 Å². The summed E-state index contributed by atoms with van der Waals surface area (Å²) in [6, 6.07) is 17.7. The Morgan fingerprint density at radius 2 is 1.76 bits per heavy atom. The van der Waals surface area contributed by atoms with Gasteiger partial charge in [0.05, 0.1) is 6.04 Å². The molecule has 1 heterocycles. The molecule has 0 fully saturated rings. The Morgan fingerprint density at radius 1 is 1.00 bits per heavy atom. The molecule has 124 valence electrons. The predicted octanol–water partition coefficient (Wildman–Crippen LogP) is 4.03. The van der Waals surface area contributed by atoms with Crippen molar-refractivity contribution in [2.45, 2.75) is 13.0 Å². The van der Waals surface area contributed by atoms with Crippen molar-refractivity contribution < 1.29 is 4.79 Å². The topological polar surface area (TPSA) is 54.9 Å². The zero-order chi connectivity index (χ0) is 17.5. The highest BCUT2D eigenvalue weighted by molar-refractivity contribution is 5.92. The highest BCUT2D eigenvalue weighted by atomic mass is 16.1. The molecule has 3 rings (SSSR count). The quantitative estimate of drug-likeness (QED) is 0.719. The van der Waals surface area contributed by atoms with Crippen molar-refractivity contribution in [3.8, 4) is 11.1 Å². The van der Waals surface area contributed by atoms with Crippen molar-refractivity contribution in [1.29, 1.82) is 0 Å². The van der Waals surface area contributed by atoms with Crippen LogP contribution in [-0.2, 0) is 4.79 Å². The number of rotatable bonds is 5. The van der Waals surface area contributed by atoms with Gasteiger partial charge in [0, 0.05) is 24.0 Å². The molecule has 0 saturated carbocycles. The van der Waals surface area contributed by atoms with Gasteiger partial charge in [0.25, 0.3) is 0 Å². The largest absolute Gasteiger partial charge is 0.346 e. The third-order valence-corrected chi connectivity index (χ3v) is 3.87. The molecule has 0 aliphatic carbocycles. The molecule has 0 unspecified atom stereocenters. The maximum atomic E-state index is 12.1. The summed E-state index contributed by atoms with van der Waals surface area (Å²) in [5, 5.41) is 2.99. The van der Waals surface area contributed by atoms with Gasteiger partial charge in [-0.15, -0.1) is 0 Å². The monoisotopic (exact) mass is 329 g/mol. The number of carbonyl (C=O) groups is 1. The zero-order valence-corrected chi connectivity index (χ0v) is 14.0. The van der Waals surface area contributed by atoms with Crippen LogP contribution in [0.4, 0.5) is 0 Å². The molecule has 0 bridgehead atoms. The van der Waals surface area contributed by atoms with Crippen LogP contribution in [0.1, 0.15) is 24.1 Å². The van der Waals surface area contributed by atoms with E-state index in [4.69, 9.17) is 0 Å². The lowest BCUT2D eigenvalue weighted by atomic mass is 10.0. The van der Waals surface area contributed by atoms with Crippen molar-refractivity contribution in [3.05, 3.63) is 90.5 Å². The number of hydrogen-bond acceptors (Lipinski definition) is 3. The van der Waals surface area contributed by atoms with E-state index in [2.05, 4.69) is 15.3 Å². The molecule has 0 spiro atoms. The molecule has 25 heavy (non-hydrogen) atoms. The first-order valence-electron chi connectivity index (χ1n) is 8.11. The highest BCUT2D eigenvalue weighted by Gasteiger charge is 2.09. The molecule has 4 heteroatoms. The number of benzene rings is 2. The van der Waals surface area contributed by atoms with Crippen LogP contribution in [0.3, 0.4) is 0 Å². The van der Waals surface area contributed by atoms with Crippen LogP contribution < -0.4 is 5.32 Å². The number of nitrogens with zero attached hydrogens (tertiary/aromatic N) is 2. The molecule has 1 aromatic heterocycles. The molecule has 0 aliphatic rings. The minimum Gasteiger partial charge on any atom is -0.346 e. The van der Waals surface area contributed by atoms with Crippen molar-refractivity contribution in [3.63, 3.8) is 0 Å². The summed E-state index contributed by atoms with van der Waals surface area (Å²) in [6.07, 6.45) is 8.42. The number of carbonyl (C=O) groups excluding carboxylic acids is 1. The third kappa shape index (κ3) is 4.61. The Morgan fingerprint density at radius 3 is 2.52 bits per heavy atom. The van der Waals surface area contributed by atoms with E-state index in [1.54, 1.807) is 24.5 Å². The second kappa shape index (κ2) is 8.02. The van der Waals surface area contributed by atoms with Gasteiger partial charge in [-0.1, -0.05) is 48.5 Å². The second-order valence-corrected chi connectivity index (χ2v) is 5.73. The third-order valence-electron chi connectivity index (χ3n) is 3.87. The van der Waals surface area contributed by atoms with Gasteiger partial charge in [0.2, 0.25) is 5.91 Å². The van der Waals surface area contributed by atoms with E-state index in [1.807, 2.05) is 61.5 Å². The highest BCUT2D eigenvalue weighted by Crippen LogP contribution is 2.22. The maximum absolute atomic E-state index is 12.1. The summed E-state index contributed by atoms with van der Waals surface area (Å²) >= 11 is 0. The van der Waals surface area contributed by atoms with E-state index < -0.39 is 0 Å². The number of hydrogen-bond donors (Lipinski definition) is 1. The van der Waals surface area contributed by atoms with Crippen LogP contribution in [0, 0.1) is 0 Å². The molecule has 2 aromatic carbocycles. The molecule has 3 aromatic rings. The molecule has 4 nitrogen and oxygen atoms in total. The zero-order valence-electron chi connectivity index (χ0n) is 14.0. The first-order chi connectivity index (χ1) is 12.2. The molecular weight excluding hydrogens is 310 g/mol. The second-order valence-electron chi connectivity index (χ2n) is 5.73. The molecule has 0 radical (unpaired) electrons. The average molecular weight is 329 g/mol. The van der Waals surface area contributed by atoms with Crippen molar-refractivity contribution in [2.24, 2.45) is 0 Å². The van der Waals surface area contributed by atoms with Crippen molar-refractivity contribution >= 4 is 12.0 Å². The first-order valence-corrected chi connectivity index (χ1v) is 8.11. The van der Waals surface area contributed by atoms with E-state index >= 15 is 0 Å². The molecule has 1 amide bonds. The van der Waals surface area contributed by atoms with Gasteiger partial charge in [0.1, 0.15) is 6.33 Å². The van der Waals surface area contributed by atoms with Gasteiger partial charge in [-0.25, -0.2) is 9.97 Å². The minimum atomic E-state index is -0.121. The SMILES string of the molecule is C[C@H](NC(=O)C=Cc1ccccc1)c1cccc(-c2cncnc2)c1. The van der Waals surface area contributed by atoms with Crippen LogP contribution in [-0.4, -0.2) is 15.9 Å². The van der Waals surface area contributed by atoms with Crippen molar-refractivity contribution in [1.82, 2.24) is 15.3 Å². The minimum absolute atomic E-state index is 0.0995. The lowest BCUT2D eigenvalue weighted by Crippen LogP contribution is -2.24. The summed E-state index contributed by atoms with van der Waals surface area (Å²) < 4.78 is 0. The first kappa shape index (κ1) is 16.6. The molecule has 1 atom stereocenters. The number of aromatic nitrogens is 2. The van der Waals surface area contributed by atoms with Crippen LogP contribution in [0.5, 0.6) is 0 Å². The van der Waals surface area contributed by atoms with E-state index in [0.29, 0.717) is 0 Å². The number of nitrogens with one attached hydrogen (secondary N) is 1. The Hall–Kier alpha value is -3.27. The standard InChI is InChI=1S/C21H19N3O/c1-16(24-21(25)11-10-17-6-3-2-4-7-17)18-8-5-9-19(12-18)20-13-22-15-23-14-20/h2-16H,1H3,(H,24,25)/t16-/m0/s1. The fraction of sp³-hybridized carbons (Fsp3) is 0.0952. The van der Waals surface area contributed by atoms with E-state index in [9.17, 15) is 4.79 Å². The Bertz CT molecular complexity index is 861. The Kier molecular flexibility index (Phi) is 5.32. The van der Waals surface area contributed by atoms with E-state index in [1.165, 1.54) is 6.33 Å². The Balaban J connectivity index is 1.68. The summed E-state index contributed by atoms with van der Waals surface area (Å²) in [5.74, 6) is -0.121. The fourth-order valence-corrected chi connectivity index (χ4v) is 2.52. The summed E-state index contributed by atoms with van der Waals surface area (Å²) in [6.45, 7) is 1.97. The van der Waals surface area contributed by atoms with Crippen LogP contribution in [0.15, 0.2) is 79.4 Å². The summed E-state index contributed by atoms with van der Waals surface area (Å²) in [7, 11) is 0. The average Bonchev–Trinajstić information content (AvgIpc) is 2.68.